The number of esters is 1. The number of carbonyl (C=O) groups excluding carboxylic acids is 1. The lowest BCUT2D eigenvalue weighted by Crippen LogP contribution is -2.32. The van der Waals surface area contributed by atoms with Gasteiger partial charge in [0, 0.05) is 0 Å². The van der Waals surface area contributed by atoms with Gasteiger partial charge in [0.1, 0.15) is 24.0 Å². The molecule has 3 aromatic rings. The molecule has 2 aromatic carbocycles. The predicted molar refractivity (Wildman–Crippen MR) is 97.7 cm³/mol. The van der Waals surface area contributed by atoms with E-state index in [1.54, 1.807) is 55.5 Å². The Balaban J connectivity index is 1.60. The van der Waals surface area contributed by atoms with Crippen LogP contribution in [0.3, 0.4) is 0 Å². The molecule has 0 fully saturated rings. The molecule has 0 spiro atoms. The standard InChI is InChI=1S/C19H19N3O5/c1-2-26-19(25)13-7-9-15(10-8-13)27-12-14(23)11-22-18(24)16-5-3-4-6-17(16)20-21-22/h3-10,14,23H,2,11-12H2,1H3. The maximum Gasteiger partial charge on any atom is 0.338 e. The number of rotatable bonds is 7. The van der Waals surface area contributed by atoms with E-state index in [2.05, 4.69) is 10.3 Å². The first-order chi connectivity index (χ1) is 13.1. The Morgan fingerprint density at radius 3 is 2.67 bits per heavy atom. The summed E-state index contributed by atoms with van der Waals surface area (Å²) in [6.07, 6.45) is -0.956. The maximum absolute atomic E-state index is 12.4. The third-order valence-corrected chi connectivity index (χ3v) is 3.82. The summed E-state index contributed by atoms with van der Waals surface area (Å²) in [4.78, 5) is 24.0. The van der Waals surface area contributed by atoms with Crippen LogP contribution in [0.4, 0.5) is 0 Å². The van der Waals surface area contributed by atoms with Crippen LogP contribution in [0.15, 0.2) is 53.3 Å². The van der Waals surface area contributed by atoms with Crippen molar-refractivity contribution in [1.29, 1.82) is 0 Å². The average Bonchev–Trinajstić information content (AvgIpc) is 2.69. The summed E-state index contributed by atoms with van der Waals surface area (Å²) < 4.78 is 11.5. The molecule has 8 nitrogen and oxygen atoms in total. The van der Waals surface area contributed by atoms with Crippen molar-refractivity contribution in [3.63, 3.8) is 0 Å². The van der Waals surface area contributed by atoms with E-state index in [1.165, 1.54) is 0 Å². The minimum Gasteiger partial charge on any atom is -0.491 e. The monoisotopic (exact) mass is 369 g/mol. The summed E-state index contributed by atoms with van der Waals surface area (Å²) in [5, 5.41) is 18.4. The van der Waals surface area contributed by atoms with Crippen molar-refractivity contribution < 1.29 is 19.4 Å². The number of aliphatic hydroxyl groups excluding tert-OH is 1. The molecular weight excluding hydrogens is 350 g/mol. The number of hydrogen-bond acceptors (Lipinski definition) is 7. The highest BCUT2D eigenvalue weighted by molar-refractivity contribution is 5.89. The Hall–Kier alpha value is -3.26. The first-order valence-electron chi connectivity index (χ1n) is 8.49. The van der Waals surface area contributed by atoms with Gasteiger partial charge in [0.15, 0.2) is 0 Å². The molecule has 0 aliphatic rings. The molecule has 0 bridgehead atoms. The molecule has 1 aromatic heterocycles. The Bertz CT molecular complexity index is 985. The first-order valence-corrected chi connectivity index (χ1v) is 8.49. The first kappa shape index (κ1) is 18.5. The Morgan fingerprint density at radius 2 is 1.93 bits per heavy atom. The second-order valence-electron chi connectivity index (χ2n) is 5.80. The molecule has 1 atom stereocenters. The molecule has 0 amide bonds. The fourth-order valence-corrected chi connectivity index (χ4v) is 2.49. The Morgan fingerprint density at radius 1 is 1.19 bits per heavy atom. The second kappa shape index (κ2) is 8.41. The summed E-state index contributed by atoms with van der Waals surface area (Å²) in [5.74, 6) is 0.0809. The van der Waals surface area contributed by atoms with Crippen LogP contribution in [0.2, 0.25) is 0 Å². The van der Waals surface area contributed by atoms with Crippen molar-refractivity contribution in [2.75, 3.05) is 13.2 Å². The lowest BCUT2D eigenvalue weighted by atomic mass is 10.2. The Kier molecular flexibility index (Phi) is 5.77. The molecule has 140 valence electrons. The molecule has 3 rings (SSSR count). The van der Waals surface area contributed by atoms with Gasteiger partial charge >= 0.3 is 5.97 Å². The van der Waals surface area contributed by atoms with E-state index in [0.29, 0.717) is 28.8 Å². The predicted octanol–water partition coefficient (Wildman–Crippen LogP) is 1.41. The van der Waals surface area contributed by atoms with E-state index in [0.717, 1.165) is 4.68 Å². The van der Waals surface area contributed by atoms with Crippen LogP contribution in [0, 0.1) is 0 Å². The summed E-state index contributed by atoms with van der Waals surface area (Å²) >= 11 is 0. The maximum atomic E-state index is 12.4. The van der Waals surface area contributed by atoms with E-state index in [-0.39, 0.29) is 18.7 Å². The number of benzene rings is 2. The number of hydrogen-bond donors (Lipinski definition) is 1. The van der Waals surface area contributed by atoms with E-state index in [9.17, 15) is 14.7 Å². The third-order valence-electron chi connectivity index (χ3n) is 3.82. The summed E-state index contributed by atoms with van der Waals surface area (Å²) in [6.45, 7) is 1.96. The molecule has 0 saturated carbocycles. The number of aliphatic hydroxyl groups is 1. The molecule has 27 heavy (non-hydrogen) atoms. The van der Waals surface area contributed by atoms with Gasteiger partial charge in [-0.2, -0.15) is 0 Å². The zero-order valence-electron chi connectivity index (χ0n) is 14.7. The fourth-order valence-electron chi connectivity index (χ4n) is 2.49. The molecule has 0 aliphatic heterocycles. The average molecular weight is 369 g/mol. The fraction of sp³-hybridized carbons (Fsp3) is 0.263. The van der Waals surface area contributed by atoms with Gasteiger partial charge < -0.3 is 14.6 Å². The van der Waals surface area contributed by atoms with E-state index >= 15 is 0 Å². The van der Waals surface area contributed by atoms with Crippen molar-refractivity contribution in [2.24, 2.45) is 0 Å². The smallest absolute Gasteiger partial charge is 0.338 e. The van der Waals surface area contributed by atoms with E-state index in [1.807, 2.05) is 0 Å². The van der Waals surface area contributed by atoms with E-state index in [4.69, 9.17) is 9.47 Å². The van der Waals surface area contributed by atoms with Crippen LogP contribution in [0.5, 0.6) is 5.75 Å². The van der Waals surface area contributed by atoms with Gasteiger partial charge in [0.25, 0.3) is 5.56 Å². The molecule has 1 N–H and O–H groups in total. The van der Waals surface area contributed by atoms with Crippen molar-refractivity contribution in [3.8, 4) is 5.75 Å². The molecule has 1 heterocycles. The number of aromatic nitrogens is 3. The SMILES string of the molecule is CCOC(=O)c1ccc(OCC(O)Cn2nnc3ccccc3c2=O)cc1. The van der Waals surface area contributed by atoms with Gasteiger partial charge in [0.2, 0.25) is 0 Å². The van der Waals surface area contributed by atoms with Crippen LogP contribution in [0.25, 0.3) is 10.9 Å². The lowest BCUT2D eigenvalue weighted by Gasteiger charge is -2.13. The molecule has 0 radical (unpaired) electrons. The zero-order chi connectivity index (χ0) is 19.2. The summed E-state index contributed by atoms with van der Waals surface area (Å²) in [5.41, 5.74) is 0.604. The van der Waals surface area contributed by atoms with Gasteiger partial charge in [-0.25, -0.2) is 9.48 Å². The topological polar surface area (TPSA) is 104 Å². The number of fused-ring (bicyclic) bond motifs is 1. The minimum atomic E-state index is -0.956. The van der Waals surface area contributed by atoms with Crippen LogP contribution in [-0.2, 0) is 11.3 Å². The van der Waals surface area contributed by atoms with Gasteiger partial charge in [0.05, 0.1) is 24.1 Å². The van der Waals surface area contributed by atoms with Crippen molar-refractivity contribution in [1.82, 2.24) is 15.0 Å². The van der Waals surface area contributed by atoms with Crippen molar-refractivity contribution in [3.05, 3.63) is 64.4 Å². The number of carbonyl (C=O) groups is 1. The summed E-state index contributed by atoms with van der Waals surface area (Å²) in [6, 6.07) is 13.3. The Labute approximate surface area is 155 Å². The van der Waals surface area contributed by atoms with Crippen molar-refractivity contribution in [2.45, 2.75) is 19.6 Å². The highest BCUT2D eigenvalue weighted by atomic mass is 16.5. The molecular formula is C19H19N3O5. The largest absolute Gasteiger partial charge is 0.491 e. The van der Waals surface area contributed by atoms with Crippen LogP contribution in [-0.4, -0.2) is 45.4 Å². The normalized spacial score (nSPS) is 11.9. The quantitative estimate of drug-likeness (QED) is 0.628. The van der Waals surface area contributed by atoms with Gasteiger partial charge in [-0.3, -0.25) is 4.79 Å². The molecule has 0 aliphatic carbocycles. The zero-order valence-corrected chi connectivity index (χ0v) is 14.7. The summed E-state index contributed by atoms with van der Waals surface area (Å²) in [7, 11) is 0. The van der Waals surface area contributed by atoms with Gasteiger partial charge in [-0.05, 0) is 43.3 Å². The molecule has 1 unspecified atom stereocenters. The highest BCUT2D eigenvalue weighted by Crippen LogP contribution is 2.13. The third kappa shape index (κ3) is 4.48. The van der Waals surface area contributed by atoms with Crippen LogP contribution >= 0.6 is 0 Å². The molecule has 8 heteroatoms. The minimum absolute atomic E-state index is 0.0420. The van der Waals surface area contributed by atoms with Crippen molar-refractivity contribution >= 4 is 16.9 Å². The van der Waals surface area contributed by atoms with Crippen LogP contribution < -0.4 is 10.3 Å². The second-order valence-corrected chi connectivity index (χ2v) is 5.80. The van der Waals surface area contributed by atoms with E-state index < -0.39 is 12.1 Å². The number of nitrogens with zero attached hydrogens (tertiary/aromatic N) is 3. The lowest BCUT2D eigenvalue weighted by molar-refractivity contribution is 0.0526. The van der Waals surface area contributed by atoms with Crippen LogP contribution in [0.1, 0.15) is 17.3 Å². The highest BCUT2D eigenvalue weighted by Gasteiger charge is 2.12. The van der Waals surface area contributed by atoms with Gasteiger partial charge in [-0.1, -0.05) is 17.3 Å². The molecule has 0 saturated heterocycles. The van der Waals surface area contributed by atoms with Gasteiger partial charge in [-0.15, -0.1) is 5.10 Å². The number of ether oxygens (including phenoxy) is 2.